The first-order valence-electron chi connectivity index (χ1n) is 9.24. The topological polar surface area (TPSA) is 33.1 Å². The molecule has 4 heteroatoms. The number of imidazole rings is 1. The van der Waals surface area contributed by atoms with Crippen molar-refractivity contribution < 1.29 is 0 Å². The van der Waals surface area contributed by atoms with Gasteiger partial charge in [-0.25, -0.2) is 4.98 Å². The number of hydrogen-bond acceptors (Lipinski definition) is 3. The molecule has 1 saturated heterocycles. The van der Waals surface area contributed by atoms with Crippen LogP contribution in [0.15, 0.2) is 48.5 Å². The van der Waals surface area contributed by atoms with Gasteiger partial charge in [0.2, 0.25) is 0 Å². The number of hydrogen-bond donors (Lipinski definition) is 1. The molecule has 25 heavy (non-hydrogen) atoms. The van der Waals surface area contributed by atoms with E-state index in [1.807, 2.05) is 0 Å². The highest BCUT2D eigenvalue weighted by atomic mass is 15.2. The van der Waals surface area contributed by atoms with E-state index in [2.05, 4.69) is 77.2 Å². The largest absolute Gasteiger partial charge is 0.327 e. The third-order valence-corrected chi connectivity index (χ3v) is 5.12. The number of rotatable bonds is 4. The SMILES string of the molecule is CCn1c(C(c2cccc(C)c2)N2CCNCC2)nc2ccccc21. The van der Waals surface area contributed by atoms with Gasteiger partial charge in [0.05, 0.1) is 17.1 Å². The van der Waals surface area contributed by atoms with E-state index in [1.165, 1.54) is 16.6 Å². The number of fused-ring (bicyclic) bond motifs is 1. The van der Waals surface area contributed by atoms with Crippen molar-refractivity contribution in [3.8, 4) is 0 Å². The summed E-state index contributed by atoms with van der Waals surface area (Å²) in [6.07, 6.45) is 0. The van der Waals surface area contributed by atoms with Crippen molar-refractivity contribution in [3.63, 3.8) is 0 Å². The summed E-state index contributed by atoms with van der Waals surface area (Å²) in [5.41, 5.74) is 4.96. The zero-order valence-corrected chi connectivity index (χ0v) is 15.1. The van der Waals surface area contributed by atoms with Gasteiger partial charge in [0.1, 0.15) is 5.82 Å². The average Bonchev–Trinajstić information content (AvgIpc) is 3.01. The van der Waals surface area contributed by atoms with E-state index in [0.717, 1.165) is 44.1 Å². The molecular weight excluding hydrogens is 308 g/mol. The molecule has 1 aliphatic rings. The van der Waals surface area contributed by atoms with E-state index >= 15 is 0 Å². The van der Waals surface area contributed by atoms with Crippen LogP contribution in [0.3, 0.4) is 0 Å². The average molecular weight is 334 g/mol. The summed E-state index contributed by atoms with van der Waals surface area (Å²) < 4.78 is 2.38. The Morgan fingerprint density at radius 2 is 1.88 bits per heavy atom. The molecule has 130 valence electrons. The van der Waals surface area contributed by atoms with Crippen LogP contribution >= 0.6 is 0 Å². The Balaban J connectivity index is 1.88. The zero-order valence-electron chi connectivity index (χ0n) is 15.1. The first kappa shape index (κ1) is 16.3. The minimum absolute atomic E-state index is 0.203. The van der Waals surface area contributed by atoms with Crippen molar-refractivity contribution in [2.24, 2.45) is 0 Å². The van der Waals surface area contributed by atoms with Crippen molar-refractivity contribution in [1.29, 1.82) is 0 Å². The number of nitrogens with zero attached hydrogens (tertiary/aromatic N) is 3. The van der Waals surface area contributed by atoms with Crippen molar-refractivity contribution in [1.82, 2.24) is 19.8 Å². The molecule has 0 amide bonds. The fourth-order valence-electron chi connectivity index (χ4n) is 3.94. The van der Waals surface area contributed by atoms with Crippen molar-refractivity contribution in [2.45, 2.75) is 26.4 Å². The molecule has 1 aliphatic heterocycles. The maximum Gasteiger partial charge on any atom is 0.131 e. The fraction of sp³-hybridized carbons (Fsp3) is 0.381. The minimum atomic E-state index is 0.203. The third-order valence-electron chi connectivity index (χ3n) is 5.12. The highest BCUT2D eigenvalue weighted by molar-refractivity contribution is 5.76. The lowest BCUT2D eigenvalue weighted by atomic mass is 10.0. The van der Waals surface area contributed by atoms with Gasteiger partial charge in [0.15, 0.2) is 0 Å². The number of piperazine rings is 1. The second kappa shape index (κ2) is 6.98. The predicted molar refractivity (Wildman–Crippen MR) is 103 cm³/mol. The number of benzene rings is 2. The molecule has 1 aromatic heterocycles. The lowest BCUT2D eigenvalue weighted by Crippen LogP contribution is -2.46. The Kier molecular flexibility index (Phi) is 4.55. The van der Waals surface area contributed by atoms with E-state index in [-0.39, 0.29) is 6.04 Å². The van der Waals surface area contributed by atoms with Crippen molar-refractivity contribution in [3.05, 3.63) is 65.5 Å². The third kappa shape index (κ3) is 3.08. The van der Waals surface area contributed by atoms with Crippen molar-refractivity contribution in [2.75, 3.05) is 26.2 Å². The molecule has 2 aromatic carbocycles. The summed E-state index contributed by atoms with van der Waals surface area (Å²) in [4.78, 5) is 7.63. The number of aromatic nitrogens is 2. The van der Waals surface area contributed by atoms with Crippen LogP contribution in [0.2, 0.25) is 0 Å². The van der Waals surface area contributed by atoms with Gasteiger partial charge in [0.25, 0.3) is 0 Å². The summed E-state index contributed by atoms with van der Waals surface area (Å²) in [7, 11) is 0. The van der Waals surface area contributed by atoms with Gasteiger partial charge in [-0.05, 0) is 31.5 Å². The maximum atomic E-state index is 5.07. The van der Waals surface area contributed by atoms with Crippen LogP contribution in [0, 0.1) is 6.92 Å². The van der Waals surface area contributed by atoms with E-state index in [4.69, 9.17) is 4.98 Å². The molecule has 0 spiro atoms. The van der Waals surface area contributed by atoms with Gasteiger partial charge in [-0.1, -0.05) is 42.0 Å². The lowest BCUT2D eigenvalue weighted by molar-refractivity contribution is 0.190. The van der Waals surface area contributed by atoms with Crippen LogP contribution < -0.4 is 5.32 Å². The Bertz CT molecular complexity index is 861. The monoisotopic (exact) mass is 334 g/mol. The van der Waals surface area contributed by atoms with Crippen LogP contribution in [-0.4, -0.2) is 40.6 Å². The molecule has 3 aromatic rings. The summed E-state index contributed by atoms with van der Waals surface area (Å²) in [5, 5.41) is 3.47. The van der Waals surface area contributed by atoms with E-state index in [0.29, 0.717) is 0 Å². The Morgan fingerprint density at radius 1 is 1.08 bits per heavy atom. The molecule has 0 aliphatic carbocycles. The number of para-hydroxylation sites is 2. The molecule has 1 unspecified atom stereocenters. The first-order valence-corrected chi connectivity index (χ1v) is 9.24. The van der Waals surface area contributed by atoms with Gasteiger partial charge in [-0.2, -0.15) is 0 Å². The predicted octanol–water partition coefficient (Wildman–Crippen LogP) is 3.36. The molecule has 1 atom stereocenters. The zero-order chi connectivity index (χ0) is 17.2. The molecule has 0 radical (unpaired) electrons. The molecule has 2 heterocycles. The normalized spacial score (nSPS) is 17.0. The highest BCUT2D eigenvalue weighted by Gasteiger charge is 2.28. The summed E-state index contributed by atoms with van der Waals surface area (Å²) in [6.45, 7) is 9.48. The van der Waals surface area contributed by atoms with E-state index in [9.17, 15) is 0 Å². The number of nitrogens with one attached hydrogen (secondary N) is 1. The lowest BCUT2D eigenvalue weighted by Gasteiger charge is -2.35. The Hall–Kier alpha value is -2.17. The molecule has 4 nitrogen and oxygen atoms in total. The second-order valence-corrected chi connectivity index (χ2v) is 6.81. The summed E-state index contributed by atoms with van der Waals surface area (Å²) >= 11 is 0. The maximum absolute atomic E-state index is 5.07. The fourth-order valence-corrected chi connectivity index (χ4v) is 3.94. The van der Waals surface area contributed by atoms with Crippen LogP contribution in [0.4, 0.5) is 0 Å². The van der Waals surface area contributed by atoms with E-state index in [1.54, 1.807) is 0 Å². The Labute approximate surface area is 149 Å². The van der Waals surface area contributed by atoms with Gasteiger partial charge in [-0.15, -0.1) is 0 Å². The number of aryl methyl sites for hydroxylation is 2. The van der Waals surface area contributed by atoms with Gasteiger partial charge < -0.3 is 9.88 Å². The van der Waals surface area contributed by atoms with Crippen LogP contribution in [0.1, 0.15) is 29.9 Å². The quantitative estimate of drug-likeness (QED) is 0.794. The smallest absolute Gasteiger partial charge is 0.131 e. The van der Waals surface area contributed by atoms with Gasteiger partial charge in [0, 0.05) is 32.7 Å². The van der Waals surface area contributed by atoms with Crippen molar-refractivity contribution >= 4 is 11.0 Å². The van der Waals surface area contributed by atoms with Crippen LogP contribution in [-0.2, 0) is 6.54 Å². The molecule has 4 rings (SSSR count). The molecule has 1 fully saturated rings. The van der Waals surface area contributed by atoms with Gasteiger partial charge in [-0.3, -0.25) is 4.90 Å². The summed E-state index contributed by atoms with van der Waals surface area (Å²) in [6, 6.07) is 17.6. The first-order chi connectivity index (χ1) is 12.3. The van der Waals surface area contributed by atoms with E-state index < -0.39 is 0 Å². The second-order valence-electron chi connectivity index (χ2n) is 6.81. The van der Waals surface area contributed by atoms with Crippen LogP contribution in [0.5, 0.6) is 0 Å². The molecular formula is C21H26N4. The van der Waals surface area contributed by atoms with Crippen LogP contribution in [0.25, 0.3) is 11.0 Å². The molecule has 0 saturated carbocycles. The highest BCUT2D eigenvalue weighted by Crippen LogP contribution is 2.31. The molecule has 1 N–H and O–H groups in total. The summed E-state index contributed by atoms with van der Waals surface area (Å²) in [5.74, 6) is 1.16. The minimum Gasteiger partial charge on any atom is -0.327 e. The Morgan fingerprint density at radius 3 is 2.64 bits per heavy atom. The molecule has 0 bridgehead atoms. The van der Waals surface area contributed by atoms with Gasteiger partial charge >= 0.3 is 0 Å². The standard InChI is InChI=1S/C21H26N4/c1-3-25-19-10-5-4-9-18(19)23-21(25)20(24-13-11-22-12-14-24)17-8-6-7-16(2)15-17/h4-10,15,20,22H,3,11-14H2,1-2H3.